The van der Waals surface area contributed by atoms with Crippen molar-refractivity contribution in [2.75, 3.05) is 32.5 Å². The van der Waals surface area contributed by atoms with Crippen LogP contribution in [0.25, 0.3) is 0 Å². The minimum Gasteiger partial charge on any atom is -0.483 e. The van der Waals surface area contributed by atoms with E-state index in [1.54, 1.807) is 12.3 Å². The van der Waals surface area contributed by atoms with Gasteiger partial charge in [-0.25, -0.2) is 9.97 Å². The number of nitrogen functional groups attached to an aromatic ring is 1. The summed E-state index contributed by atoms with van der Waals surface area (Å²) in [5, 5.41) is 0. The van der Waals surface area contributed by atoms with E-state index in [9.17, 15) is 4.79 Å². The number of anilines is 1. The standard InChI is InChI=1S/C22H31N5O2/c1-15(2)18-6-5-16(3)11-19(18)29-14-22(28)27-10-8-17(12-27)26(4)13-21-24-9-7-20(23)25-21/h5-7,9,11,15,17H,8,10,12-14H2,1-4H3,(H2,23,24,25)/t17-/m1/s1. The maximum Gasteiger partial charge on any atom is 0.260 e. The number of likely N-dealkylation sites (tertiary alicyclic amines) is 1. The van der Waals surface area contributed by atoms with Gasteiger partial charge in [0.05, 0.1) is 6.54 Å². The number of aromatic nitrogens is 2. The molecule has 7 heteroatoms. The number of aryl methyl sites for hydroxylation is 1. The van der Waals surface area contributed by atoms with Gasteiger partial charge in [-0.3, -0.25) is 9.69 Å². The molecule has 0 saturated carbocycles. The minimum absolute atomic E-state index is 0.0253. The lowest BCUT2D eigenvalue weighted by Crippen LogP contribution is -2.38. The molecule has 7 nitrogen and oxygen atoms in total. The van der Waals surface area contributed by atoms with E-state index < -0.39 is 0 Å². The van der Waals surface area contributed by atoms with Gasteiger partial charge < -0.3 is 15.4 Å². The molecule has 1 aliphatic rings. The Morgan fingerprint density at radius 2 is 2.17 bits per heavy atom. The van der Waals surface area contributed by atoms with Crippen molar-refractivity contribution in [3.8, 4) is 5.75 Å². The van der Waals surface area contributed by atoms with Crippen LogP contribution < -0.4 is 10.5 Å². The number of carbonyl (C=O) groups excluding carboxylic acids is 1. The molecule has 1 saturated heterocycles. The van der Waals surface area contributed by atoms with Gasteiger partial charge in [0, 0.05) is 25.3 Å². The molecule has 29 heavy (non-hydrogen) atoms. The SMILES string of the molecule is Cc1ccc(C(C)C)c(OCC(=O)N2CC[C@@H](N(C)Cc3nccc(N)n3)C2)c1. The van der Waals surface area contributed by atoms with Gasteiger partial charge >= 0.3 is 0 Å². The normalized spacial score (nSPS) is 16.6. The first-order chi connectivity index (χ1) is 13.8. The summed E-state index contributed by atoms with van der Waals surface area (Å²) in [4.78, 5) is 25.3. The Morgan fingerprint density at radius 3 is 2.90 bits per heavy atom. The number of nitrogens with two attached hydrogens (primary N) is 1. The van der Waals surface area contributed by atoms with Crippen molar-refractivity contribution < 1.29 is 9.53 Å². The van der Waals surface area contributed by atoms with Crippen LogP contribution in [-0.4, -0.2) is 58.5 Å². The van der Waals surface area contributed by atoms with Crippen LogP contribution >= 0.6 is 0 Å². The maximum absolute atomic E-state index is 12.7. The molecule has 1 fully saturated rings. The van der Waals surface area contributed by atoms with Crippen LogP contribution in [-0.2, 0) is 11.3 Å². The Bertz CT molecular complexity index is 855. The van der Waals surface area contributed by atoms with Crippen molar-refractivity contribution in [2.45, 2.75) is 45.7 Å². The Labute approximate surface area is 172 Å². The number of ether oxygens (including phenoxy) is 1. The largest absolute Gasteiger partial charge is 0.483 e. The highest BCUT2D eigenvalue weighted by molar-refractivity contribution is 5.78. The zero-order valence-corrected chi connectivity index (χ0v) is 17.8. The number of rotatable bonds is 7. The van der Waals surface area contributed by atoms with E-state index in [-0.39, 0.29) is 18.6 Å². The summed E-state index contributed by atoms with van der Waals surface area (Å²) >= 11 is 0. The summed E-state index contributed by atoms with van der Waals surface area (Å²) < 4.78 is 5.92. The van der Waals surface area contributed by atoms with Gasteiger partial charge in [-0.1, -0.05) is 26.0 Å². The Balaban J connectivity index is 1.53. The van der Waals surface area contributed by atoms with Crippen LogP contribution in [0, 0.1) is 6.92 Å². The van der Waals surface area contributed by atoms with Gasteiger partial charge in [-0.2, -0.15) is 0 Å². The molecular weight excluding hydrogens is 366 g/mol. The molecule has 1 aromatic carbocycles. The van der Waals surface area contributed by atoms with Gasteiger partial charge in [0.2, 0.25) is 0 Å². The van der Waals surface area contributed by atoms with E-state index in [2.05, 4.69) is 40.8 Å². The molecule has 2 aromatic rings. The van der Waals surface area contributed by atoms with E-state index in [0.29, 0.717) is 30.6 Å². The van der Waals surface area contributed by atoms with Crippen molar-refractivity contribution in [3.63, 3.8) is 0 Å². The summed E-state index contributed by atoms with van der Waals surface area (Å²) in [5.74, 6) is 2.35. The zero-order valence-electron chi connectivity index (χ0n) is 17.8. The minimum atomic E-state index is 0.0253. The average Bonchev–Trinajstić information content (AvgIpc) is 3.16. The number of likely N-dealkylation sites (N-methyl/N-ethyl adjacent to an activating group) is 1. The van der Waals surface area contributed by atoms with Crippen molar-refractivity contribution in [3.05, 3.63) is 47.4 Å². The molecule has 1 atom stereocenters. The number of nitrogens with zero attached hydrogens (tertiary/aromatic N) is 4. The molecule has 0 unspecified atom stereocenters. The first-order valence-corrected chi connectivity index (χ1v) is 10.1. The Morgan fingerprint density at radius 1 is 1.38 bits per heavy atom. The van der Waals surface area contributed by atoms with Gasteiger partial charge in [0.25, 0.3) is 5.91 Å². The summed E-state index contributed by atoms with van der Waals surface area (Å²) in [6.45, 7) is 8.39. The monoisotopic (exact) mass is 397 g/mol. The molecule has 1 aliphatic heterocycles. The van der Waals surface area contributed by atoms with Crippen LogP contribution in [0.3, 0.4) is 0 Å². The molecule has 0 radical (unpaired) electrons. The first-order valence-electron chi connectivity index (χ1n) is 10.1. The zero-order chi connectivity index (χ0) is 21.0. The molecule has 2 N–H and O–H groups in total. The van der Waals surface area contributed by atoms with Gasteiger partial charge in [0.15, 0.2) is 6.61 Å². The van der Waals surface area contributed by atoms with Crippen molar-refractivity contribution in [1.29, 1.82) is 0 Å². The number of amides is 1. The highest BCUT2D eigenvalue weighted by Crippen LogP contribution is 2.27. The van der Waals surface area contributed by atoms with Crippen LogP contribution in [0.15, 0.2) is 30.5 Å². The molecule has 0 aliphatic carbocycles. The Hall–Kier alpha value is -2.67. The second kappa shape index (κ2) is 9.22. The average molecular weight is 398 g/mol. The molecule has 1 amide bonds. The molecule has 156 valence electrons. The number of benzene rings is 1. The van der Waals surface area contributed by atoms with E-state index in [1.165, 1.54) is 0 Å². The van der Waals surface area contributed by atoms with Crippen LogP contribution in [0.5, 0.6) is 5.75 Å². The fourth-order valence-electron chi connectivity index (χ4n) is 3.65. The van der Waals surface area contributed by atoms with Crippen LogP contribution in [0.4, 0.5) is 5.82 Å². The van der Waals surface area contributed by atoms with E-state index in [0.717, 1.165) is 29.8 Å². The third-order valence-electron chi connectivity index (χ3n) is 5.40. The van der Waals surface area contributed by atoms with E-state index in [1.807, 2.05) is 24.9 Å². The maximum atomic E-state index is 12.7. The lowest BCUT2D eigenvalue weighted by atomic mass is 10.0. The van der Waals surface area contributed by atoms with Gasteiger partial charge in [0.1, 0.15) is 17.4 Å². The second-order valence-corrected chi connectivity index (χ2v) is 8.08. The number of hydrogen-bond acceptors (Lipinski definition) is 6. The number of hydrogen-bond donors (Lipinski definition) is 1. The summed E-state index contributed by atoms with van der Waals surface area (Å²) in [5.41, 5.74) is 7.99. The third kappa shape index (κ3) is 5.44. The topological polar surface area (TPSA) is 84.6 Å². The second-order valence-electron chi connectivity index (χ2n) is 8.08. The van der Waals surface area contributed by atoms with E-state index >= 15 is 0 Å². The Kier molecular flexibility index (Phi) is 6.69. The highest BCUT2D eigenvalue weighted by Gasteiger charge is 2.29. The third-order valence-corrected chi connectivity index (χ3v) is 5.40. The predicted octanol–water partition coefficient (Wildman–Crippen LogP) is 2.60. The summed E-state index contributed by atoms with van der Waals surface area (Å²) in [6.07, 6.45) is 2.59. The molecular formula is C22H31N5O2. The molecule has 0 bridgehead atoms. The number of carbonyl (C=O) groups is 1. The fraction of sp³-hybridized carbons (Fsp3) is 0.500. The van der Waals surface area contributed by atoms with Crippen molar-refractivity contribution >= 4 is 11.7 Å². The lowest BCUT2D eigenvalue weighted by Gasteiger charge is -2.24. The van der Waals surface area contributed by atoms with Crippen molar-refractivity contribution in [2.24, 2.45) is 0 Å². The van der Waals surface area contributed by atoms with Gasteiger partial charge in [-0.15, -0.1) is 0 Å². The summed E-state index contributed by atoms with van der Waals surface area (Å²) in [7, 11) is 2.03. The van der Waals surface area contributed by atoms with Crippen LogP contribution in [0.2, 0.25) is 0 Å². The van der Waals surface area contributed by atoms with E-state index in [4.69, 9.17) is 10.5 Å². The first kappa shape index (κ1) is 21.0. The lowest BCUT2D eigenvalue weighted by molar-refractivity contribution is -0.132. The van der Waals surface area contributed by atoms with Gasteiger partial charge in [-0.05, 0) is 49.6 Å². The quantitative estimate of drug-likeness (QED) is 0.773. The smallest absolute Gasteiger partial charge is 0.260 e. The summed E-state index contributed by atoms with van der Waals surface area (Å²) in [6, 6.07) is 8.12. The molecule has 0 spiro atoms. The van der Waals surface area contributed by atoms with Crippen molar-refractivity contribution in [1.82, 2.24) is 19.8 Å². The molecule has 3 rings (SSSR count). The predicted molar refractivity (Wildman–Crippen MR) is 114 cm³/mol. The highest BCUT2D eigenvalue weighted by atomic mass is 16.5. The van der Waals surface area contributed by atoms with Crippen LogP contribution in [0.1, 0.15) is 43.1 Å². The fourth-order valence-corrected chi connectivity index (χ4v) is 3.65. The molecule has 1 aromatic heterocycles. The molecule has 2 heterocycles.